The lowest BCUT2D eigenvalue weighted by Crippen LogP contribution is -2.35. The van der Waals surface area contributed by atoms with Crippen LogP contribution >= 0.6 is 27.5 Å². The van der Waals surface area contributed by atoms with Crippen molar-refractivity contribution in [3.63, 3.8) is 0 Å². The smallest absolute Gasteiger partial charge is 0.330 e. The summed E-state index contributed by atoms with van der Waals surface area (Å²) >= 11 is 9.29. The number of ether oxygens (including phenoxy) is 1. The van der Waals surface area contributed by atoms with Crippen LogP contribution in [0.3, 0.4) is 0 Å². The van der Waals surface area contributed by atoms with Gasteiger partial charge in [-0.2, -0.15) is 0 Å². The molecule has 1 aromatic heterocycles. The van der Waals surface area contributed by atoms with E-state index in [1.165, 1.54) is 28.7 Å². The standard InChI is InChI=1S/C13H15BrClN3O4/c1-7(19)16-5-10-9(15)4-11(22-10)18-6-8(2-3-14)12(20)17-13(18)21/h2-3,6,9-11H,4-5H2,1H3,(H,16,19)(H,17,20,21)/t9-,10+,11+/m0/s1. The molecule has 1 fully saturated rings. The Balaban J connectivity index is 2.22. The number of carbonyl (C=O) groups excluding carboxylic acids is 1. The van der Waals surface area contributed by atoms with Crippen molar-refractivity contribution in [2.24, 2.45) is 0 Å². The molecule has 1 aromatic rings. The fourth-order valence-corrected chi connectivity index (χ4v) is 2.77. The molecule has 0 spiro atoms. The Bertz CT molecular complexity index is 699. The van der Waals surface area contributed by atoms with Crippen LogP contribution < -0.4 is 16.6 Å². The summed E-state index contributed by atoms with van der Waals surface area (Å²) in [5, 5.41) is 2.29. The summed E-state index contributed by atoms with van der Waals surface area (Å²) in [6.07, 6.45) is 2.36. The van der Waals surface area contributed by atoms with Crippen LogP contribution in [0, 0.1) is 0 Å². The van der Waals surface area contributed by atoms with E-state index < -0.39 is 23.6 Å². The van der Waals surface area contributed by atoms with Gasteiger partial charge in [-0.3, -0.25) is 19.1 Å². The number of aromatic nitrogens is 2. The van der Waals surface area contributed by atoms with E-state index in [-0.39, 0.29) is 17.8 Å². The van der Waals surface area contributed by atoms with Crippen LogP contribution in [0.1, 0.15) is 25.1 Å². The Morgan fingerprint density at radius 3 is 3.00 bits per heavy atom. The van der Waals surface area contributed by atoms with Crippen molar-refractivity contribution in [2.45, 2.75) is 31.1 Å². The molecule has 2 heterocycles. The molecule has 0 aromatic carbocycles. The van der Waals surface area contributed by atoms with E-state index >= 15 is 0 Å². The van der Waals surface area contributed by atoms with E-state index in [4.69, 9.17) is 16.3 Å². The molecule has 0 saturated carbocycles. The van der Waals surface area contributed by atoms with Gasteiger partial charge in [-0.05, 0) is 11.1 Å². The average Bonchev–Trinajstić information content (AvgIpc) is 2.80. The van der Waals surface area contributed by atoms with Gasteiger partial charge in [0.05, 0.1) is 17.0 Å². The molecule has 1 amide bonds. The second-order valence-electron chi connectivity index (χ2n) is 4.86. The molecular formula is C13H15BrClN3O4. The summed E-state index contributed by atoms with van der Waals surface area (Å²) in [7, 11) is 0. The number of alkyl halides is 1. The number of hydrogen-bond acceptors (Lipinski definition) is 4. The van der Waals surface area contributed by atoms with Crippen molar-refractivity contribution >= 4 is 39.5 Å². The molecule has 9 heteroatoms. The lowest BCUT2D eigenvalue weighted by molar-refractivity contribution is -0.119. The number of nitrogens with zero attached hydrogens (tertiary/aromatic N) is 1. The fourth-order valence-electron chi connectivity index (χ4n) is 2.19. The van der Waals surface area contributed by atoms with Crippen molar-refractivity contribution in [3.8, 4) is 0 Å². The Morgan fingerprint density at radius 2 is 2.36 bits per heavy atom. The van der Waals surface area contributed by atoms with Crippen LogP contribution in [-0.2, 0) is 9.53 Å². The highest BCUT2D eigenvalue weighted by molar-refractivity contribution is 9.11. The quantitative estimate of drug-likeness (QED) is 0.746. The van der Waals surface area contributed by atoms with Crippen LogP contribution in [0.5, 0.6) is 0 Å². The molecule has 0 unspecified atom stereocenters. The van der Waals surface area contributed by atoms with E-state index in [0.29, 0.717) is 12.0 Å². The number of H-pyrrole nitrogens is 1. The molecule has 120 valence electrons. The molecule has 2 rings (SSSR count). The van der Waals surface area contributed by atoms with Gasteiger partial charge in [-0.1, -0.05) is 15.9 Å². The highest BCUT2D eigenvalue weighted by Crippen LogP contribution is 2.31. The van der Waals surface area contributed by atoms with E-state index in [1.54, 1.807) is 0 Å². The molecule has 0 bridgehead atoms. The van der Waals surface area contributed by atoms with Crippen molar-refractivity contribution in [3.05, 3.63) is 37.6 Å². The average molecular weight is 393 g/mol. The Labute approximate surface area is 139 Å². The molecule has 1 aliphatic rings. The monoisotopic (exact) mass is 391 g/mol. The van der Waals surface area contributed by atoms with Gasteiger partial charge >= 0.3 is 5.69 Å². The van der Waals surface area contributed by atoms with Gasteiger partial charge in [-0.25, -0.2) is 4.79 Å². The molecular weight excluding hydrogens is 378 g/mol. The molecule has 0 radical (unpaired) electrons. The van der Waals surface area contributed by atoms with Gasteiger partial charge < -0.3 is 10.1 Å². The van der Waals surface area contributed by atoms with Crippen LogP contribution in [0.4, 0.5) is 0 Å². The number of aromatic amines is 1. The van der Waals surface area contributed by atoms with Gasteiger partial charge in [0, 0.05) is 26.1 Å². The number of hydrogen-bond donors (Lipinski definition) is 2. The minimum Gasteiger partial charge on any atom is -0.354 e. The van der Waals surface area contributed by atoms with Crippen LogP contribution in [0.25, 0.3) is 6.08 Å². The second-order valence-corrected chi connectivity index (χ2v) is 5.95. The molecule has 1 saturated heterocycles. The topological polar surface area (TPSA) is 93.2 Å². The first kappa shape index (κ1) is 17.0. The molecule has 2 N–H and O–H groups in total. The first-order chi connectivity index (χ1) is 10.4. The van der Waals surface area contributed by atoms with E-state index in [0.717, 1.165) is 0 Å². The zero-order chi connectivity index (χ0) is 16.3. The zero-order valence-electron chi connectivity index (χ0n) is 11.7. The number of amides is 1. The van der Waals surface area contributed by atoms with E-state index in [1.807, 2.05) is 0 Å². The Kier molecular flexibility index (Phi) is 5.60. The molecule has 0 aliphatic carbocycles. The van der Waals surface area contributed by atoms with Gasteiger partial charge in [0.2, 0.25) is 5.91 Å². The number of halogens is 2. The van der Waals surface area contributed by atoms with Crippen molar-refractivity contribution < 1.29 is 9.53 Å². The molecule has 3 atom stereocenters. The number of nitrogens with one attached hydrogen (secondary N) is 2. The SMILES string of the molecule is CC(=O)NC[C@H]1O[C@@H](n2cc(C=CBr)c(=O)[nH]c2=O)C[C@@H]1Cl. The molecule has 1 aliphatic heterocycles. The first-order valence-electron chi connectivity index (χ1n) is 6.58. The Morgan fingerprint density at radius 1 is 1.64 bits per heavy atom. The minimum absolute atomic E-state index is 0.179. The normalized spacial score (nSPS) is 24.8. The van der Waals surface area contributed by atoms with Crippen molar-refractivity contribution in [1.29, 1.82) is 0 Å². The van der Waals surface area contributed by atoms with Gasteiger partial charge in [0.15, 0.2) is 0 Å². The third kappa shape index (κ3) is 3.88. The van der Waals surface area contributed by atoms with E-state index in [2.05, 4.69) is 26.2 Å². The summed E-state index contributed by atoms with van der Waals surface area (Å²) in [5.41, 5.74) is -0.727. The van der Waals surface area contributed by atoms with Crippen molar-refractivity contribution in [1.82, 2.24) is 14.9 Å². The second kappa shape index (κ2) is 7.26. The maximum atomic E-state index is 11.9. The third-order valence-electron chi connectivity index (χ3n) is 3.26. The van der Waals surface area contributed by atoms with Crippen LogP contribution in [0.2, 0.25) is 0 Å². The maximum Gasteiger partial charge on any atom is 0.330 e. The van der Waals surface area contributed by atoms with Gasteiger partial charge in [0.1, 0.15) is 6.23 Å². The highest BCUT2D eigenvalue weighted by atomic mass is 79.9. The first-order valence-corrected chi connectivity index (χ1v) is 7.93. The van der Waals surface area contributed by atoms with Crippen molar-refractivity contribution in [2.75, 3.05) is 6.54 Å². The predicted molar refractivity (Wildman–Crippen MR) is 86.1 cm³/mol. The van der Waals surface area contributed by atoms with Gasteiger partial charge in [-0.15, -0.1) is 11.6 Å². The fraction of sp³-hybridized carbons (Fsp3) is 0.462. The number of carbonyl (C=O) groups is 1. The molecule has 22 heavy (non-hydrogen) atoms. The van der Waals surface area contributed by atoms with Gasteiger partial charge in [0.25, 0.3) is 5.56 Å². The molecule has 7 nitrogen and oxygen atoms in total. The lowest BCUT2D eigenvalue weighted by atomic mass is 10.2. The zero-order valence-corrected chi connectivity index (χ0v) is 14.1. The van der Waals surface area contributed by atoms with Crippen LogP contribution in [0.15, 0.2) is 20.8 Å². The summed E-state index contributed by atoms with van der Waals surface area (Å²) in [6, 6.07) is 0. The minimum atomic E-state index is -0.590. The summed E-state index contributed by atoms with van der Waals surface area (Å²) < 4.78 is 7.02. The third-order valence-corrected chi connectivity index (χ3v) is 3.99. The largest absolute Gasteiger partial charge is 0.354 e. The highest BCUT2D eigenvalue weighted by Gasteiger charge is 2.35. The lowest BCUT2D eigenvalue weighted by Gasteiger charge is -2.16. The maximum absolute atomic E-state index is 11.9. The van der Waals surface area contributed by atoms with E-state index in [9.17, 15) is 14.4 Å². The summed E-state index contributed by atoms with van der Waals surface area (Å²) in [6.45, 7) is 1.67. The Hall–Kier alpha value is -1.38. The predicted octanol–water partition coefficient (Wildman–Crippen LogP) is 0.933. The van der Waals surface area contributed by atoms with Crippen LogP contribution in [-0.4, -0.2) is 33.5 Å². The summed E-state index contributed by atoms with van der Waals surface area (Å²) in [4.78, 5) is 38.3. The summed E-state index contributed by atoms with van der Waals surface area (Å²) in [5.74, 6) is -0.179. The number of rotatable bonds is 4.